The number of para-hydroxylation sites is 1. The summed E-state index contributed by atoms with van der Waals surface area (Å²) in [6.07, 6.45) is 2.01. The molecule has 2 amide bonds. The number of aromatic nitrogens is 3. The minimum atomic E-state index is -0.588. The van der Waals surface area contributed by atoms with Crippen molar-refractivity contribution in [2.24, 2.45) is 0 Å². The third kappa shape index (κ3) is 4.43. The molecule has 3 heterocycles. The van der Waals surface area contributed by atoms with E-state index in [9.17, 15) is 9.59 Å². The summed E-state index contributed by atoms with van der Waals surface area (Å²) in [4.78, 5) is 33.6. The molecule has 1 fully saturated rings. The molecule has 0 radical (unpaired) electrons. The summed E-state index contributed by atoms with van der Waals surface area (Å²) in [5.74, 6) is 2.43. The monoisotopic (exact) mass is 425 g/mol. The van der Waals surface area contributed by atoms with Gasteiger partial charge >= 0.3 is 0 Å². The minimum Gasteiger partial charge on any atom is -0.483 e. The van der Waals surface area contributed by atoms with Crippen molar-refractivity contribution < 1.29 is 14.3 Å². The van der Waals surface area contributed by atoms with E-state index in [4.69, 9.17) is 4.74 Å². The molecule has 0 aliphatic carbocycles. The zero-order chi connectivity index (χ0) is 22.2. The van der Waals surface area contributed by atoms with Gasteiger partial charge in [0.2, 0.25) is 11.8 Å². The van der Waals surface area contributed by atoms with E-state index in [1.807, 2.05) is 59.5 Å². The average Bonchev–Trinajstić information content (AvgIpc) is 2.97. The van der Waals surface area contributed by atoms with Gasteiger partial charge in [-0.05, 0) is 39.7 Å². The van der Waals surface area contributed by atoms with Crippen molar-refractivity contribution in [1.29, 1.82) is 0 Å². The Bertz CT molecular complexity index is 987. The molecule has 0 unspecified atom stereocenters. The molecule has 0 bridgehead atoms. The van der Waals surface area contributed by atoms with Crippen LogP contribution in [-0.2, 0) is 16.1 Å². The second-order valence-corrected chi connectivity index (χ2v) is 8.89. The van der Waals surface area contributed by atoms with Gasteiger partial charge in [-0.2, -0.15) is 5.10 Å². The van der Waals surface area contributed by atoms with Crippen molar-refractivity contribution >= 4 is 11.8 Å². The van der Waals surface area contributed by atoms with Crippen molar-refractivity contribution in [3.05, 3.63) is 41.5 Å². The molecular weight excluding hydrogens is 394 g/mol. The maximum Gasteiger partial charge on any atom is 0.224 e. The molecule has 4 rings (SSSR count). The van der Waals surface area contributed by atoms with E-state index in [-0.39, 0.29) is 17.9 Å². The van der Waals surface area contributed by atoms with Crippen molar-refractivity contribution in [1.82, 2.24) is 24.6 Å². The van der Waals surface area contributed by atoms with Crippen LogP contribution in [0.3, 0.4) is 0 Å². The molecule has 0 saturated carbocycles. The van der Waals surface area contributed by atoms with Gasteiger partial charge in [-0.25, -0.2) is 9.67 Å². The van der Waals surface area contributed by atoms with E-state index in [1.54, 1.807) is 6.92 Å². The van der Waals surface area contributed by atoms with Crippen molar-refractivity contribution in [3.63, 3.8) is 0 Å². The molecule has 1 aromatic carbocycles. The highest BCUT2D eigenvalue weighted by Crippen LogP contribution is 2.35. The van der Waals surface area contributed by atoms with E-state index in [1.165, 1.54) is 0 Å². The fourth-order valence-corrected chi connectivity index (χ4v) is 4.78. The number of ether oxygens (including phenoxy) is 1. The number of rotatable bonds is 3. The van der Waals surface area contributed by atoms with Crippen LogP contribution in [-0.4, -0.2) is 61.6 Å². The normalized spacial score (nSPS) is 21.9. The van der Waals surface area contributed by atoms with Crippen molar-refractivity contribution in [2.75, 3.05) is 19.6 Å². The van der Waals surface area contributed by atoms with Crippen LogP contribution >= 0.6 is 0 Å². The van der Waals surface area contributed by atoms with Crippen LogP contribution in [0, 0.1) is 13.8 Å². The van der Waals surface area contributed by atoms with Crippen LogP contribution in [0.15, 0.2) is 24.3 Å². The number of fused-ring (bicyclic) bond motifs is 1. The van der Waals surface area contributed by atoms with Gasteiger partial charge in [0.15, 0.2) is 0 Å². The number of nitrogens with zero attached hydrogens (tertiary/aromatic N) is 5. The molecule has 2 aliphatic heterocycles. The zero-order valence-corrected chi connectivity index (χ0v) is 18.8. The third-order valence-corrected chi connectivity index (χ3v) is 6.27. The van der Waals surface area contributed by atoms with Crippen LogP contribution in [0.4, 0.5) is 0 Å². The lowest BCUT2D eigenvalue weighted by Crippen LogP contribution is -2.58. The molecule has 2 atom stereocenters. The molecule has 2 aliphatic rings. The molecule has 1 spiro atoms. The van der Waals surface area contributed by atoms with Gasteiger partial charge in [-0.1, -0.05) is 18.2 Å². The molecule has 2 aromatic rings. The van der Waals surface area contributed by atoms with Crippen LogP contribution in [0.25, 0.3) is 0 Å². The van der Waals surface area contributed by atoms with E-state index < -0.39 is 5.60 Å². The first-order valence-electron chi connectivity index (χ1n) is 11.0. The number of piperidine rings is 1. The summed E-state index contributed by atoms with van der Waals surface area (Å²) in [5.41, 5.74) is 0.415. The van der Waals surface area contributed by atoms with Gasteiger partial charge in [0.05, 0.1) is 19.1 Å². The van der Waals surface area contributed by atoms with Gasteiger partial charge in [-0.15, -0.1) is 0 Å². The van der Waals surface area contributed by atoms with Crippen LogP contribution in [0.5, 0.6) is 5.75 Å². The van der Waals surface area contributed by atoms with E-state index >= 15 is 0 Å². The molecule has 31 heavy (non-hydrogen) atoms. The minimum absolute atomic E-state index is 0.0220. The van der Waals surface area contributed by atoms with Gasteiger partial charge in [0.25, 0.3) is 0 Å². The Morgan fingerprint density at radius 1 is 1.19 bits per heavy atom. The first-order chi connectivity index (χ1) is 14.8. The predicted molar refractivity (Wildman–Crippen MR) is 116 cm³/mol. The van der Waals surface area contributed by atoms with Gasteiger partial charge in [0.1, 0.15) is 23.0 Å². The molecule has 8 nitrogen and oxygen atoms in total. The summed E-state index contributed by atoms with van der Waals surface area (Å²) >= 11 is 0. The number of hydrogen-bond acceptors (Lipinski definition) is 5. The largest absolute Gasteiger partial charge is 0.483 e. The molecule has 166 valence electrons. The number of hydrogen-bond donors (Lipinski definition) is 0. The SMILES string of the molecule is CC(=O)N1Cc2ccccc2O[C@]2(CCCN(C(=O)C[C@@H](C)n3nc(C)nc3C)C2)C1. The Hall–Kier alpha value is -2.90. The molecule has 1 saturated heterocycles. The topological polar surface area (TPSA) is 80.6 Å². The number of benzene rings is 1. The average molecular weight is 426 g/mol. The molecule has 1 aromatic heterocycles. The number of aryl methyl sites for hydroxylation is 2. The number of carbonyl (C=O) groups excluding carboxylic acids is 2. The lowest BCUT2D eigenvalue weighted by molar-refractivity contribution is -0.140. The Balaban J connectivity index is 1.53. The zero-order valence-electron chi connectivity index (χ0n) is 18.8. The summed E-state index contributed by atoms with van der Waals surface area (Å²) in [6, 6.07) is 7.80. The highest BCUT2D eigenvalue weighted by Gasteiger charge is 2.43. The Morgan fingerprint density at radius 2 is 1.94 bits per heavy atom. The number of carbonyl (C=O) groups is 2. The van der Waals surface area contributed by atoms with Gasteiger partial charge < -0.3 is 14.5 Å². The summed E-state index contributed by atoms with van der Waals surface area (Å²) in [5, 5.41) is 4.42. The molecular formula is C23H31N5O3. The summed E-state index contributed by atoms with van der Waals surface area (Å²) in [6.45, 7) is 9.55. The fourth-order valence-electron chi connectivity index (χ4n) is 4.78. The third-order valence-electron chi connectivity index (χ3n) is 6.27. The first-order valence-corrected chi connectivity index (χ1v) is 11.0. The first kappa shape index (κ1) is 21.3. The highest BCUT2D eigenvalue weighted by atomic mass is 16.5. The van der Waals surface area contributed by atoms with E-state index in [0.29, 0.717) is 38.4 Å². The lowest BCUT2D eigenvalue weighted by atomic mass is 9.91. The van der Waals surface area contributed by atoms with Crippen LogP contribution in [0.2, 0.25) is 0 Å². The smallest absolute Gasteiger partial charge is 0.224 e. The number of likely N-dealkylation sites (tertiary alicyclic amines) is 1. The standard InChI is InChI=1S/C23H31N5O3/c1-16(28-18(3)24-17(2)25-28)12-22(30)26-11-7-10-23(14-26)15-27(19(4)29)13-20-8-5-6-9-21(20)31-23/h5-6,8-9,16H,7,10-15H2,1-4H3/t16-,23+/m1/s1. The molecule has 0 N–H and O–H groups in total. The predicted octanol–water partition coefficient (Wildman–Crippen LogP) is 2.65. The number of amides is 2. The van der Waals surface area contributed by atoms with Crippen molar-refractivity contribution in [2.45, 2.75) is 65.1 Å². The summed E-state index contributed by atoms with van der Waals surface area (Å²) in [7, 11) is 0. The van der Waals surface area contributed by atoms with Crippen molar-refractivity contribution in [3.8, 4) is 5.75 Å². The molecule has 8 heteroatoms. The maximum atomic E-state index is 13.2. The van der Waals surface area contributed by atoms with E-state index in [2.05, 4.69) is 10.1 Å². The lowest BCUT2D eigenvalue weighted by Gasteiger charge is -2.43. The highest BCUT2D eigenvalue weighted by molar-refractivity contribution is 5.77. The van der Waals surface area contributed by atoms with E-state index in [0.717, 1.165) is 30.0 Å². The van der Waals surface area contributed by atoms with Gasteiger partial charge in [0, 0.05) is 32.0 Å². The van der Waals surface area contributed by atoms with Crippen LogP contribution in [0.1, 0.15) is 56.4 Å². The van der Waals surface area contributed by atoms with Crippen LogP contribution < -0.4 is 4.74 Å². The second kappa shape index (κ2) is 8.32. The Kier molecular flexibility index (Phi) is 5.73. The van der Waals surface area contributed by atoms with Gasteiger partial charge in [-0.3, -0.25) is 9.59 Å². The Morgan fingerprint density at radius 3 is 2.65 bits per heavy atom. The fraction of sp³-hybridized carbons (Fsp3) is 0.565. The second-order valence-electron chi connectivity index (χ2n) is 8.89. The quantitative estimate of drug-likeness (QED) is 0.755. The maximum absolute atomic E-state index is 13.2. The Labute approximate surface area is 183 Å². The summed E-state index contributed by atoms with van der Waals surface area (Å²) < 4.78 is 8.37.